The fourth-order valence-electron chi connectivity index (χ4n) is 4.45. The van der Waals surface area contributed by atoms with Crippen LogP contribution >= 0.6 is 23.2 Å². The van der Waals surface area contributed by atoms with Crippen molar-refractivity contribution in [2.45, 2.75) is 24.9 Å². The molecule has 0 radical (unpaired) electrons. The lowest BCUT2D eigenvalue weighted by molar-refractivity contribution is -0.319. The van der Waals surface area contributed by atoms with Gasteiger partial charge in [-0.1, -0.05) is 53.5 Å². The Bertz CT molecular complexity index is 1210. The maximum atomic E-state index is 14.3. The van der Waals surface area contributed by atoms with Crippen molar-refractivity contribution in [2.24, 2.45) is 0 Å². The lowest BCUT2D eigenvalue weighted by atomic mass is 10.1. The zero-order chi connectivity index (χ0) is 25.5. The lowest BCUT2D eigenvalue weighted by Crippen LogP contribution is -2.65. The molecule has 2 aromatic rings. The quantitative estimate of drug-likeness (QED) is 0.550. The van der Waals surface area contributed by atoms with E-state index in [0.717, 1.165) is 23.3 Å². The SMILES string of the molecule is O=C(NC1(C(F)(F)F)Oc2cc(Cl)c(Cl)cc2O1)C1=C(N2CCOCC2)/C(=C\c2ccccc2)CC1. The fraction of sp³-hybridized carbons (Fsp3) is 0.320. The van der Waals surface area contributed by atoms with E-state index in [-0.39, 0.29) is 33.5 Å². The van der Waals surface area contributed by atoms with E-state index in [1.165, 1.54) is 0 Å². The van der Waals surface area contributed by atoms with Crippen molar-refractivity contribution in [3.63, 3.8) is 0 Å². The topological polar surface area (TPSA) is 60.0 Å². The van der Waals surface area contributed by atoms with Gasteiger partial charge < -0.3 is 19.1 Å². The van der Waals surface area contributed by atoms with Crippen LogP contribution in [-0.4, -0.2) is 49.2 Å². The number of nitrogens with one attached hydrogen (secondary N) is 1. The number of carbonyl (C=O) groups excluding carboxylic acids is 1. The van der Waals surface area contributed by atoms with Crippen molar-refractivity contribution < 1.29 is 32.2 Å². The molecule has 2 aromatic carbocycles. The summed E-state index contributed by atoms with van der Waals surface area (Å²) >= 11 is 11.9. The number of fused-ring (bicyclic) bond motifs is 1. The largest absolute Gasteiger partial charge is 0.492 e. The van der Waals surface area contributed by atoms with E-state index in [4.69, 9.17) is 37.4 Å². The molecular formula is C25H21Cl2F3N2O4. The first-order valence-corrected chi connectivity index (χ1v) is 12.0. The van der Waals surface area contributed by atoms with Crippen molar-refractivity contribution in [3.05, 3.63) is 74.9 Å². The molecule has 0 aromatic heterocycles. The molecule has 0 spiro atoms. The Kier molecular flexibility index (Phi) is 6.57. The van der Waals surface area contributed by atoms with Gasteiger partial charge in [0.15, 0.2) is 11.5 Å². The molecular weight excluding hydrogens is 520 g/mol. The Morgan fingerprint density at radius 3 is 2.19 bits per heavy atom. The monoisotopic (exact) mass is 540 g/mol. The minimum atomic E-state index is -5.11. The Labute approximate surface area is 215 Å². The van der Waals surface area contributed by atoms with Crippen LogP contribution in [0, 0.1) is 0 Å². The molecule has 0 saturated carbocycles. The van der Waals surface area contributed by atoms with E-state index >= 15 is 0 Å². The van der Waals surface area contributed by atoms with Gasteiger partial charge in [-0.3, -0.25) is 10.1 Å². The first kappa shape index (κ1) is 24.8. The minimum Gasteiger partial charge on any atom is -0.424 e. The molecule has 1 amide bonds. The number of alkyl halides is 3. The first-order valence-electron chi connectivity index (χ1n) is 11.2. The van der Waals surface area contributed by atoms with Gasteiger partial charge in [-0.2, -0.15) is 13.2 Å². The second-order valence-corrected chi connectivity index (χ2v) is 9.31. The smallest absolute Gasteiger partial charge is 0.424 e. The zero-order valence-corrected chi connectivity index (χ0v) is 20.3. The molecule has 0 atom stereocenters. The Balaban J connectivity index is 1.50. The Hall–Kier alpha value is -2.88. The summed E-state index contributed by atoms with van der Waals surface area (Å²) < 4.78 is 58.5. The molecule has 11 heteroatoms. The van der Waals surface area contributed by atoms with Crippen molar-refractivity contribution in [1.82, 2.24) is 10.2 Å². The normalized spacial score (nSPS) is 20.2. The average molecular weight is 541 g/mol. The van der Waals surface area contributed by atoms with Crippen molar-refractivity contribution in [3.8, 4) is 11.5 Å². The molecule has 2 aliphatic heterocycles. The summed E-state index contributed by atoms with van der Waals surface area (Å²) in [4.78, 5) is 15.4. The number of carbonyl (C=O) groups is 1. The molecule has 6 nitrogen and oxygen atoms in total. The van der Waals surface area contributed by atoms with Crippen LogP contribution < -0.4 is 14.8 Å². The summed E-state index contributed by atoms with van der Waals surface area (Å²) in [6, 6.07) is 11.8. The predicted molar refractivity (Wildman–Crippen MR) is 128 cm³/mol. The van der Waals surface area contributed by atoms with Crippen LogP contribution in [0.1, 0.15) is 18.4 Å². The van der Waals surface area contributed by atoms with Gasteiger partial charge in [0.25, 0.3) is 5.91 Å². The Morgan fingerprint density at radius 2 is 1.61 bits per heavy atom. The van der Waals surface area contributed by atoms with E-state index < -0.39 is 18.0 Å². The number of amides is 1. The molecule has 190 valence electrons. The number of allylic oxidation sites excluding steroid dienone is 1. The maximum absolute atomic E-state index is 14.3. The van der Waals surface area contributed by atoms with Crippen molar-refractivity contribution in [1.29, 1.82) is 0 Å². The number of ether oxygens (including phenoxy) is 3. The van der Waals surface area contributed by atoms with Gasteiger partial charge in [0.05, 0.1) is 23.3 Å². The Morgan fingerprint density at radius 1 is 1.00 bits per heavy atom. The van der Waals surface area contributed by atoms with Gasteiger partial charge in [-0.15, -0.1) is 0 Å². The fourth-order valence-corrected chi connectivity index (χ4v) is 4.75. The lowest BCUT2D eigenvalue weighted by Gasteiger charge is -2.33. The third-order valence-electron chi connectivity index (χ3n) is 6.12. The number of nitrogens with zero attached hydrogens (tertiary/aromatic N) is 1. The van der Waals surface area contributed by atoms with Crippen LogP contribution in [0.15, 0.2) is 59.3 Å². The molecule has 3 aliphatic rings. The van der Waals surface area contributed by atoms with Crippen LogP contribution in [0.25, 0.3) is 6.08 Å². The summed E-state index contributed by atoms with van der Waals surface area (Å²) in [6.45, 7) is 1.93. The highest BCUT2D eigenvalue weighted by atomic mass is 35.5. The number of rotatable bonds is 4. The summed E-state index contributed by atoms with van der Waals surface area (Å²) in [6.07, 6.45) is -2.40. The van der Waals surface area contributed by atoms with E-state index in [0.29, 0.717) is 38.4 Å². The van der Waals surface area contributed by atoms with E-state index in [9.17, 15) is 18.0 Å². The van der Waals surface area contributed by atoms with Gasteiger partial charge in [0.2, 0.25) is 0 Å². The highest BCUT2D eigenvalue weighted by Crippen LogP contribution is 2.48. The third-order valence-corrected chi connectivity index (χ3v) is 6.84. The van der Waals surface area contributed by atoms with Crippen LogP contribution in [0.3, 0.4) is 0 Å². The molecule has 36 heavy (non-hydrogen) atoms. The average Bonchev–Trinajstić information content (AvgIpc) is 3.42. The van der Waals surface area contributed by atoms with Gasteiger partial charge in [0.1, 0.15) is 0 Å². The highest BCUT2D eigenvalue weighted by molar-refractivity contribution is 6.42. The molecule has 5 rings (SSSR count). The van der Waals surface area contributed by atoms with Crippen LogP contribution in [0.5, 0.6) is 11.5 Å². The van der Waals surface area contributed by atoms with E-state index in [1.54, 1.807) is 0 Å². The summed E-state index contributed by atoms with van der Waals surface area (Å²) in [5.74, 6) is -4.91. The first-order chi connectivity index (χ1) is 17.2. The highest BCUT2D eigenvalue weighted by Gasteiger charge is 2.66. The molecule has 1 N–H and O–H groups in total. The zero-order valence-electron chi connectivity index (χ0n) is 18.8. The van der Waals surface area contributed by atoms with Crippen LogP contribution in [0.2, 0.25) is 10.0 Å². The summed E-state index contributed by atoms with van der Waals surface area (Å²) in [7, 11) is 0. The maximum Gasteiger partial charge on any atom is 0.492 e. The molecule has 0 bridgehead atoms. The molecule has 1 fully saturated rings. The van der Waals surface area contributed by atoms with Crippen molar-refractivity contribution in [2.75, 3.05) is 26.3 Å². The number of hydrogen-bond acceptors (Lipinski definition) is 5. The van der Waals surface area contributed by atoms with Gasteiger partial charge in [0, 0.05) is 36.5 Å². The second-order valence-electron chi connectivity index (χ2n) is 8.49. The van der Waals surface area contributed by atoms with E-state index in [1.807, 2.05) is 46.6 Å². The molecule has 1 aliphatic carbocycles. The van der Waals surface area contributed by atoms with Gasteiger partial charge >= 0.3 is 12.1 Å². The number of halogens is 5. The van der Waals surface area contributed by atoms with Gasteiger partial charge in [-0.25, -0.2) is 0 Å². The summed E-state index contributed by atoms with van der Waals surface area (Å²) in [5, 5.41) is 1.96. The predicted octanol–water partition coefficient (Wildman–Crippen LogP) is 5.56. The molecule has 1 saturated heterocycles. The minimum absolute atomic E-state index is 0.00730. The molecule has 0 unspecified atom stereocenters. The number of benzene rings is 2. The van der Waals surface area contributed by atoms with Gasteiger partial charge in [-0.05, 0) is 30.1 Å². The molecule has 2 heterocycles. The standard InChI is InChI=1S/C25H21Cl2F3N2O4/c26-18-13-20-21(14-19(18)27)36-25(35-20,24(28,29)30)31-23(33)17-7-6-16(12-15-4-2-1-3-5-15)22(17)32-8-10-34-11-9-32/h1-5,12-14H,6-11H2,(H,31,33)/b16-12-. The summed E-state index contributed by atoms with van der Waals surface area (Å²) in [5.41, 5.74) is 2.63. The van der Waals surface area contributed by atoms with Crippen molar-refractivity contribution >= 4 is 35.2 Å². The van der Waals surface area contributed by atoms with Crippen LogP contribution in [0.4, 0.5) is 13.2 Å². The third kappa shape index (κ3) is 4.63. The van der Waals surface area contributed by atoms with E-state index in [2.05, 4.69) is 0 Å². The van der Waals surface area contributed by atoms with Crippen LogP contribution in [-0.2, 0) is 9.53 Å². The number of hydrogen-bond donors (Lipinski definition) is 1. The number of morpholine rings is 1. The second kappa shape index (κ2) is 9.53.